The van der Waals surface area contributed by atoms with Crippen LogP contribution in [0.3, 0.4) is 0 Å². The van der Waals surface area contributed by atoms with Gasteiger partial charge in [-0.05, 0) is 35.4 Å². The Morgan fingerprint density at radius 3 is 2.83 bits per heavy atom. The standard InChI is InChI=1S/C17H15N3O3/c21-15-6-5-11(7-16(15)22)9-19-20-17(23)8-12-10-18-14-4-2-1-3-13(12)14/h1-7,9-10,18,21-22H,8H2,(H,20,23)/b19-9+. The Balaban J connectivity index is 1.63. The number of carbonyl (C=O) groups is 1. The van der Waals surface area contributed by atoms with Crippen LogP contribution < -0.4 is 5.43 Å². The number of carbonyl (C=O) groups excluding carboxylic acids is 1. The quantitative estimate of drug-likeness (QED) is 0.338. The molecule has 0 aliphatic carbocycles. The predicted molar refractivity (Wildman–Crippen MR) is 87.5 cm³/mol. The molecule has 23 heavy (non-hydrogen) atoms. The lowest BCUT2D eigenvalue weighted by Crippen LogP contribution is -2.19. The van der Waals surface area contributed by atoms with Crippen molar-refractivity contribution in [1.29, 1.82) is 0 Å². The Kier molecular flexibility index (Phi) is 3.97. The number of aromatic hydroxyl groups is 2. The second-order valence-corrected chi connectivity index (χ2v) is 5.08. The highest BCUT2D eigenvalue weighted by Gasteiger charge is 2.07. The average Bonchev–Trinajstić information content (AvgIpc) is 2.94. The molecule has 6 heteroatoms. The highest BCUT2D eigenvalue weighted by Crippen LogP contribution is 2.24. The molecule has 1 heterocycles. The van der Waals surface area contributed by atoms with Crippen LogP contribution in [0, 0.1) is 0 Å². The van der Waals surface area contributed by atoms with E-state index in [9.17, 15) is 15.0 Å². The lowest BCUT2D eigenvalue weighted by Gasteiger charge is -2.00. The van der Waals surface area contributed by atoms with Gasteiger partial charge in [-0.1, -0.05) is 18.2 Å². The maximum Gasteiger partial charge on any atom is 0.244 e. The van der Waals surface area contributed by atoms with Crippen LogP contribution in [-0.2, 0) is 11.2 Å². The zero-order valence-corrected chi connectivity index (χ0v) is 12.2. The predicted octanol–water partition coefficient (Wildman–Crippen LogP) is 2.27. The Morgan fingerprint density at radius 1 is 1.17 bits per heavy atom. The molecule has 4 N–H and O–H groups in total. The zero-order valence-electron chi connectivity index (χ0n) is 12.2. The third-order valence-corrected chi connectivity index (χ3v) is 3.43. The van der Waals surface area contributed by atoms with Crippen molar-refractivity contribution in [1.82, 2.24) is 10.4 Å². The van der Waals surface area contributed by atoms with Gasteiger partial charge in [-0.2, -0.15) is 5.10 Å². The van der Waals surface area contributed by atoms with Crippen molar-refractivity contribution in [3.8, 4) is 11.5 Å². The van der Waals surface area contributed by atoms with E-state index < -0.39 is 0 Å². The normalized spacial score (nSPS) is 11.1. The number of para-hydroxylation sites is 1. The number of H-pyrrole nitrogens is 1. The van der Waals surface area contributed by atoms with Crippen LogP contribution in [0.4, 0.5) is 0 Å². The van der Waals surface area contributed by atoms with Crippen molar-refractivity contribution >= 4 is 23.0 Å². The van der Waals surface area contributed by atoms with Crippen molar-refractivity contribution in [3.05, 3.63) is 59.8 Å². The van der Waals surface area contributed by atoms with Crippen molar-refractivity contribution in [2.75, 3.05) is 0 Å². The Labute approximate surface area is 132 Å². The molecular formula is C17H15N3O3. The number of phenolic OH excluding ortho intramolecular Hbond substituents is 2. The second kappa shape index (κ2) is 6.23. The zero-order chi connectivity index (χ0) is 16.2. The number of amides is 1. The molecule has 3 rings (SSSR count). The number of aromatic amines is 1. The molecule has 0 bridgehead atoms. The number of fused-ring (bicyclic) bond motifs is 1. The molecule has 0 saturated carbocycles. The summed E-state index contributed by atoms with van der Waals surface area (Å²) in [5.41, 5.74) is 4.89. The Bertz CT molecular complexity index is 884. The van der Waals surface area contributed by atoms with Crippen molar-refractivity contribution < 1.29 is 15.0 Å². The minimum Gasteiger partial charge on any atom is -0.504 e. The summed E-state index contributed by atoms with van der Waals surface area (Å²) in [6.07, 6.45) is 3.42. The molecular weight excluding hydrogens is 294 g/mol. The Hall–Kier alpha value is -3.28. The number of hydrazone groups is 1. The number of hydrogen-bond acceptors (Lipinski definition) is 4. The van der Waals surface area contributed by atoms with Crippen LogP contribution in [0.15, 0.2) is 53.8 Å². The van der Waals surface area contributed by atoms with Crippen molar-refractivity contribution in [3.63, 3.8) is 0 Å². The van der Waals surface area contributed by atoms with Crippen molar-refractivity contribution in [2.45, 2.75) is 6.42 Å². The lowest BCUT2D eigenvalue weighted by atomic mass is 10.1. The molecule has 0 atom stereocenters. The van der Waals surface area contributed by atoms with Gasteiger partial charge in [0.1, 0.15) is 0 Å². The van der Waals surface area contributed by atoms with Gasteiger partial charge in [-0.15, -0.1) is 0 Å². The molecule has 0 aliphatic heterocycles. The number of hydrogen-bond donors (Lipinski definition) is 4. The molecule has 0 unspecified atom stereocenters. The highest BCUT2D eigenvalue weighted by atomic mass is 16.3. The van der Waals surface area contributed by atoms with E-state index in [1.54, 1.807) is 6.07 Å². The molecule has 1 aromatic heterocycles. The van der Waals surface area contributed by atoms with Gasteiger partial charge in [0.15, 0.2) is 11.5 Å². The molecule has 3 aromatic rings. The van der Waals surface area contributed by atoms with Gasteiger partial charge in [-0.3, -0.25) is 4.79 Å². The van der Waals surface area contributed by atoms with E-state index in [4.69, 9.17) is 0 Å². The summed E-state index contributed by atoms with van der Waals surface area (Å²) >= 11 is 0. The van der Waals surface area contributed by atoms with E-state index in [2.05, 4.69) is 15.5 Å². The van der Waals surface area contributed by atoms with Crippen molar-refractivity contribution in [2.24, 2.45) is 5.10 Å². The summed E-state index contributed by atoms with van der Waals surface area (Å²) in [4.78, 5) is 15.1. The number of aromatic nitrogens is 1. The SMILES string of the molecule is O=C(Cc1c[nH]c2ccccc12)N/N=C/c1ccc(O)c(O)c1. The monoisotopic (exact) mass is 309 g/mol. The molecule has 116 valence electrons. The first kappa shape index (κ1) is 14.6. The molecule has 6 nitrogen and oxygen atoms in total. The second-order valence-electron chi connectivity index (χ2n) is 5.08. The van der Waals surface area contributed by atoms with E-state index in [0.29, 0.717) is 5.56 Å². The third kappa shape index (κ3) is 3.32. The van der Waals surface area contributed by atoms with E-state index in [-0.39, 0.29) is 23.8 Å². The molecule has 0 spiro atoms. The third-order valence-electron chi connectivity index (χ3n) is 3.43. The van der Waals surface area contributed by atoms with Gasteiger partial charge in [0.2, 0.25) is 5.91 Å². The number of nitrogens with zero attached hydrogens (tertiary/aromatic N) is 1. The topological polar surface area (TPSA) is 97.7 Å². The summed E-state index contributed by atoms with van der Waals surface area (Å²) < 4.78 is 0. The molecule has 1 amide bonds. The van der Waals surface area contributed by atoms with Crippen LogP contribution >= 0.6 is 0 Å². The first-order valence-corrected chi connectivity index (χ1v) is 7.02. The molecule has 0 fully saturated rings. The highest BCUT2D eigenvalue weighted by molar-refractivity contribution is 5.89. The van der Waals surface area contributed by atoms with E-state index >= 15 is 0 Å². The molecule has 0 aliphatic rings. The first-order chi connectivity index (χ1) is 11.1. The summed E-state index contributed by atoms with van der Waals surface area (Å²) in [6.45, 7) is 0. The molecule has 0 saturated heterocycles. The fourth-order valence-corrected chi connectivity index (χ4v) is 2.29. The maximum absolute atomic E-state index is 11.9. The van der Waals surface area contributed by atoms with Crippen LogP contribution in [-0.4, -0.2) is 27.3 Å². The van der Waals surface area contributed by atoms with Gasteiger partial charge in [-0.25, -0.2) is 5.43 Å². The molecule has 2 aromatic carbocycles. The fraction of sp³-hybridized carbons (Fsp3) is 0.0588. The fourth-order valence-electron chi connectivity index (χ4n) is 2.29. The number of benzene rings is 2. The van der Waals surface area contributed by atoms with Crippen LogP contribution in [0.2, 0.25) is 0 Å². The largest absolute Gasteiger partial charge is 0.504 e. The van der Waals surface area contributed by atoms with Crippen LogP contribution in [0.1, 0.15) is 11.1 Å². The lowest BCUT2D eigenvalue weighted by molar-refractivity contribution is -0.120. The summed E-state index contributed by atoms with van der Waals surface area (Å²) in [7, 11) is 0. The van der Waals surface area contributed by atoms with Gasteiger partial charge in [0, 0.05) is 17.1 Å². The van der Waals surface area contributed by atoms with Crippen LogP contribution in [0.25, 0.3) is 10.9 Å². The number of nitrogens with one attached hydrogen (secondary N) is 2. The van der Waals surface area contributed by atoms with E-state index in [1.807, 2.05) is 30.5 Å². The summed E-state index contributed by atoms with van der Waals surface area (Å²) in [5.74, 6) is -0.682. The minimum absolute atomic E-state index is 0.203. The van der Waals surface area contributed by atoms with E-state index in [0.717, 1.165) is 16.5 Å². The number of rotatable bonds is 4. The van der Waals surface area contributed by atoms with Gasteiger partial charge in [0.05, 0.1) is 12.6 Å². The van der Waals surface area contributed by atoms with E-state index in [1.165, 1.54) is 18.3 Å². The average molecular weight is 309 g/mol. The Morgan fingerprint density at radius 2 is 2.00 bits per heavy atom. The maximum atomic E-state index is 11.9. The van der Waals surface area contributed by atoms with Gasteiger partial charge in [0.25, 0.3) is 0 Å². The van der Waals surface area contributed by atoms with Crippen LogP contribution in [0.5, 0.6) is 11.5 Å². The van der Waals surface area contributed by atoms with Gasteiger partial charge < -0.3 is 15.2 Å². The van der Waals surface area contributed by atoms with Gasteiger partial charge >= 0.3 is 0 Å². The smallest absolute Gasteiger partial charge is 0.244 e. The first-order valence-electron chi connectivity index (χ1n) is 7.02. The summed E-state index contributed by atoms with van der Waals surface area (Å²) in [6, 6.07) is 12.0. The summed E-state index contributed by atoms with van der Waals surface area (Å²) in [5, 5.41) is 23.5. The number of phenols is 2. The minimum atomic E-state index is -0.242. The molecule has 0 radical (unpaired) electrons.